The summed E-state index contributed by atoms with van der Waals surface area (Å²) < 4.78 is 0. The molecule has 0 spiro atoms. The maximum absolute atomic E-state index is 12.5. The second kappa shape index (κ2) is 8.91. The molecule has 2 aromatic rings. The Morgan fingerprint density at radius 2 is 1.85 bits per heavy atom. The van der Waals surface area contributed by atoms with Crippen LogP contribution in [0.2, 0.25) is 5.02 Å². The molecule has 27 heavy (non-hydrogen) atoms. The number of nitrogens with one attached hydrogen (secondary N) is 2. The fourth-order valence-electron chi connectivity index (χ4n) is 3.33. The van der Waals surface area contributed by atoms with Crippen molar-refractivity contribution in [2.24, 2.45) is 0 Å². The highest BCUT2D eigenvalue weighted by Gasteiger charge is 2.17. The van der Waals surface area contributed by atoms with E-state index in [9.17, 15) is 14.7 Å². The quantitative estimate of drug-likeness (QED) is 0.717. The van der Waals surface area contributed by atoms with Crippen LogP contribution in [-0.4, -0.2) is 23.0 Å². The molecule has 6 heteroatoms. The van der Waals surface area contributed by atoms with Crippen LogP contribution in [0.3, 0.4) is 0 Å². The molecule has 1 aliphatic rings. The number of rotatable bonds is 5. The molecule has 0 saturated heterocycles. The van der Waals surface area contributed by atoms with Gasteiger partial charge in [0.1, 0.15) is 5.75 Å². The fraction of sp³-hybridized carbons (Fsp3) is 0.333. The molecule has 0 aliphatic heterocycles. The van der Waals surface area contributed by atoms with E-state index in [0.29, 0.717) is 21.8 Å². The first-order chi connectivity index (χ1) is 13.0. The minimum absolute atomic E-state index is 0.00904. The molecule has 2 amide bonds. The molecule has 0 unspecified atom stereocenters. The van der Waals surface area contributed by atoms with Crippen LogP contribution >= 0.6 is 11.6 Å². The van der Waals surface area contributed by atoms with Crippen molar-refractivity contribution in [1.29, 1.82) is 0 Å². The van der Waals surface area contributed by atoms with Crippen LogP contribution in [0.1, 0.15) is 48.0 Å². The summed E-state index contributed by atoms with van der Waals surface area (Å²) in [4.78, 5) is 24.7. The molecule has 3 N–H and O–H groups in total. The number of phenolic OH excluding ortho intramolecular Hbond substituents is 1. The van der Waals surface area contributed by atoms with Gasteiger partial charge in [-0.2, -0.15) is 0 Å². The van der Waals surface area contributed by atoms with Gasteiger partial charge in [-0.1, -0.05) is 36.9 Å². The van der Waals surface area contributed by atoms with Crippen molar-refractivity contribution < 1.29 is 14.7 Å². The van der Waals surface area contributed by atoms with Gasteiger partial charge in [0.05, 0.1) is 6.42 Å². The standard InChI is InChI=1S/C21H23ClN2O3/c22-16-9-10-19(25)15(11-16)13-20(26)23-18-8-4-5-14(12-18)21(27)24-17-6-2-1-3-7-17/h4-5,8-12,17,25H,1-3,6-7,13H2,(H,23,26)(H,24,27). The Kier molecular flexibility index (Phi) is 6.35. The van der Waals surface area contributed by atoms with Gasteiger partial charge in [-0.15, -0.1) is 0 Å². The Morgan fingerprint density at radius 1 is 1.07 bits per heavy atom. The lowest BCUT2D eigenvalue weighted by atomic mass is 9.95. The van der Waals surface area contributed by atoms with Crippen molar-refractivity contribution >= 4 is 29.1 Å². The number of halogens is 1. The fourth-order valence-corrected chi connectivity index (χ4v) is 3.52. The van der Waals surface area contributed by atoms with Crippen LogP contribution in [0.25, 0.3) is 0 Å². The first-order valence-electron chi connectivity index (χ1n) is 9.19. The summed E-state index contributed by atoms with van der Waals surface area (Å²) in [5.41, 5.74) is 1.51. The number of phenols is 1. The highest BCUT2D eigenvalue weighted by molar-refractivity contribution is 6.30. The van der Waals surface area contributed by atoms with Gasteiger partial charge in [-0.05, 0) is 49.2 Å². The first-order valence-corrected chi connectivity index (χ1v) is 9.57. The van der Waals surface area contributed by atoms with Crippen LogP contribution in [0, 0.1) is 0 Å². The number of anilines is 1. The van der Waals surface area contributed by atoms with E-state index in [1.807, 2.05) is 0 Å². The average Bonchev–Trinajstić information content (AvgIpc) is 2.65. The molecule has 2 aromatic carbocycles. The Labute approximate surface area is 163 Å². The molecule has 1 saturated carbocycles. The van der Waals surface area contributed by atoms with Crippen molar-refractivity contribution in [2.75, 3.05) is 5.32 Å². The SMILES string of the molecule is O=C(Cc1cc(Cl)ccc1O)Nc1cccc(C(=O)NC2CCCCC2)c1. The van der Waals surface area contributed by atoms with E-state index in [-0.39, 0.29) is 30.0 Å². The van der Waals surface area contributed by atoms with Crippen LogP contribution in [0.15, 0.2) is 42.5 Å². The summed E-state index contributed by atoms with van der Waals surface area (Å²) in [6.07, 6.45) is 5.56. The Hall–Kier alpha value is -2.53. The van der Waals surface area contributed by atoms with E-state index in [1.54, 1.807) is 36.4 Å². The first kappa shape index (κ1) is 19.2. The Morgan fingerprint density at radius 3 is 2.63 bits per heavy atom. The van der Waals surface area contributed by atoms with E-state index in [1.165, 1.54) is 12.5 Å². The van der Waals surface area contributed by atoms with Crippen molar-refractivity contribution in [2.45, 2.75) is 44.6 Å². The van der Waals surface area contributed by atoms with Gasteiger partial charge < -0.3 is 15.7 Å². The van der Waals surface area contributed by atoms with E-state index < -0.39 is 0 Å². The number of carbonyl (C=O) groups excluding carboxylic acids is 2. The second-order valence-corrected chi connectivity index (χ2v) is 7.32. The highest BCUT2D eigenvalue weighted by Crippen LogP contribution is 2.23. The molecule has 142 valence electrons. The third-order valence-electron chi connectivity index (χ3n) is 4.74. The van der Waals surface area contributed by atoms with Crippen LogP contribution in [0.5, 0.6) is 5.75 Å². The summed E-state index contributed by atoms with van der Waals surface area (Å²) in [6, 6.07) is 11.7. The lowest BCUT2D eigenvalue weighted by Gasteiger charge is -2.22. The van der Waals surface area contributed by atoms with Gasteiger partial charge in [-0.3, -0.25) is 9.59 Å². The molecule has 1 fully saturated rings. The molecule has 0 heterocycles. The summed E-state index contributed by atoms with van der Waals surface area (Å²) in [6.45, 7) is 0. The normalized spacial score (nSPS) is 14.6. The summed E-state index contributed by atoms with van der Waals surface area (Å²) in [5, 5.41) is 16.1. The predicted octanol–water partition coefficient (Wildman–Crippen LogP) is 4.29. The van der Waals surface area contributed by atoms with Crippen molar-refractivity contribution in [1.82, 2.24) is 5.32 Å². The maximum Gasteiger partial charge on any atom is 0.251 e. The predicted molar refractivity (Wildman–Crippen MR) is 106 cm³/mol. The molecule has 5 nitrogen and oxygen atoms in total. The van der Waals surface area contributed by atoms with Crippen molar-refractivity contribution in [3.05, 3.63) is 58.6 Å². The van der Waals surface area contributed by atoms with Gasteiger partial charge >= 0.3 is 0 Å². The average molecular weight is 387 g/mol. The number of carbonyl (C=O) groups is 2. The molecule has 0 bridgehead atoms. The van der Waals surface area contributed by atoms with Crippen molar-refractivity contribution in [3.63, 3.8) is 0 Å². The molecule has 3 rings (SSSR count). The molecule has 0 atom stereocenters. The van der Waals surface area contributed by atoms with E-state index in [2.05, 4.69) is 10.6 Å². The molecular weight excluding hydrogens is 364 g/mol. The number of benzene rings is 2. The second-order valence-electron chi connectivity index (χ2n) is 6.89. The molecule has 0 aromatic heterocycles. The third-order valence-corrected chi connectivity index (χ3v) is 4.98. The number of amides is 2. The largest absolute Gasteiger partial charge is 0.508 e. The molecule has 0 radical (unpaired) electrons. The third kappa shape index (κ3) is 5.47. The summed E-state index contributed by atoms with van der Waals surface area (Å²) in [7, 11) is 0. The Bertz CT molecular complexity index is 832. The number of aromatic hydroxyl groups is 1. The van der Waals surface area contributed by atoms with Crippen LogP contribution < -0.4 is 10.6 Å². The minimum atomic E-state index is -0.294. The highest BCUT2D eigenvalue weighted by atomic mass is 35.5. The van der Waals surface area contributed by atoms with Gasteiger partial charge in [0.2, 0.25) is 5.91 Å². The minimum Gasteiger partial charge on any atom is -0.508 e. The maximum atomic E-state index is 12.5. The van der Waals surface area contributed by atoms with Gasteiger partial charge in [0, 0.05) is 27.9 Å². The molecule has 1 aliphatic carbocycles. The van der Waals surface area contributed by atoms with E-state index in [0.717, 1.165) is 25.7 Å². The summed E-state index contributed by atoms with van der Waals surface area (Å²) in [5.74, 6) is -0.391. The van der Waals surface area contributed by atoms with Gasteiger partial charge in [-0.25, -0.2) is 0 Å². The molecular formula is C21H23ClN2O3. The zero-order valence-corrected chi connectivity index (χ0v) is 15.8. The smallest absolute Gasteiger partial charge is 0.251 e. The lowest BCUT2D eigenvalue weighted by molar-refractivity contribution is -0.115. The zero-order chi connectivity index (χ0) is 19.2. The van der Waals surface area contributed by atoms with E-state index >= 15 is 0 Å². The van der Waals surface area contributed by atoms with Crippen LogP contribution in [-0.2, 0) is 11.2 Å². The van der Waals surface area contributed by atoms with Gasteiger partial charge in [0.15, 0.2) is 0 Å². The summed E-state index contributed by atoms with van der Waals surface area (Å²) >= 11 is 5.91. The lowest BCUT2D eigenvalue weighted by Crippen LogP contribution is -2.36. The monoisotopic (exact) mass is 386 g/mol. The van der Waals surface area contributed by atoms with E-state index in [4.69, 9.17) is 11.6 Å². The Balaban J connectivity index is 1.62. The zero-order valence-electron chi connectivity index (χ0n) is 15.0. The number of hydrogen-bond acceptors (Lipinski definition) is 3. The van der Waals surface area contributed by atoms with Crippen molar-refractivity contribution in [3.8, 4) is 5.75 Å². The van der Waals surface area contributed by atoms with Crippen LogP contribution in [0.4, 0.5) is 5.69 Å². The number of hydrogen-bond donors (Lipinski definition) is 3. The van der Waals surface area contributed by atoms with Gasteiger partial charge in [0.25, 0.3) is 5.91 Å². The topological polar surface area (TPSA) is 78.4 Å².